The third kappa shape index (κ3) is 2.54. The van der Waals surface area contributed by atoms with Gasteiger partial charge in [-0.05, 0) is 22.0 Å². The molecule has 1 aromatic carbocycles. The Bertz CT molecular complexity index is 408. The molecule has 1 heterocycles. The minimum Gasteiger partial charge on any atom is -0.491 e. The lowest BCUT2D eigenvalue weighted by molar-refractivity contribution is -0.138. The second kappa shape index (κ2) is 4.84. The van der Waals surface area contributed by atoms with Gasteiger partial charge in [-0.25, -0.2) is 0 Å². The zero-order valence-electron chi connectivity index (χ0n) is 8.65. The van der Waals surface area contributed by atoms with Crippen molar-refractivity contribution < 1.29 is 14.6 Å². The van der Waals surface area contributed by atoms with E-state index in [9.17, 15) is 4.79 Å². The van der Waals surface area contributed by atoms with E-state index >= 15 is 0 Å². The number of nitrogens with zero attached hydrogens (tertiary/aromatic N) is 1. The molecule has 0 radical (unpaired) electrons. The predicted octanol–water partition coefficient (Wildman–Crippen LogP) is 1.73. The smallest absolute Gasteiger partial charge is 0.317 e. The number of carboxylic acids is 1. The van der Waals surface area contributed by atoms with Gasteiger partial charge in [0.1, 0.15) is 12.4 Å². The van der Waals surface area contributed by atoms with Crippen LogP contribution in [0.5, 0.6) is 5.75 Å². The molecule has 0 fully saturated rings. The van der Waals surface area contributed by atoms with Crippen molar-refractivity contribution in [2.24, 2.45) is 0 Å². The first kappa shape index (κ1) is 11.4. The van der Waals surface area contributed by atoms with Crippen LogP contribution in [0.1, 0.15) is 5.56 Å². The molecule has 1 aromatic rings. The van der Waals surface area contributed by atoms with Crippen molar-refractivity contribution in [1.82, 2.24) is 4.90 Å². The highest BCUT2D eigenvalue weighted by molar-refractivity contribution is 9.10. The maximum Gasteiger partial charge on any atom is 0.317 e. The summed E-state index contributed by atoms with van der Waals surface area (Å²) < 4.78 is 6.53. The van der Waals surface area contributed by atoms with E-state index in [2.05, 4.69) is 15.9 Å². The molecule has 86 valence electrons. The zero-order valence-corrected chi connectivity index (χ0v) is 10.2. The van der Waals surface area contributed by atoms with Crippen molar-refractivity contribution in [1.29, 1.82) is 0 Å². The number of halogens is 1. The van der Waals surface area contributed by atoms with Crippen LogP contribution in [0, 0.1) is 0 Å². The molecule has 0 saturated heterocycles. The van der Waals surface area contributed by atoms with Crippen LogP contribution in [-0.2, 0) is 11.3 Å². The molecule has 16 heavy (non-hydrogen) atoms. The number of para-hydroxylation sites is 1. The van der Waals surface area contributed by atoms with Crippen molar-refractivity contribution in [2.75, 3.05) is 19.7 Å². The minimum atomic E-state index is -0.807. The van der Waals surface area contributed by atoms with Gasteiger partial charge in [-0.15, -0.1) is 0 Å². The van der Waals surface area contributed by atoms with Crippen LogP contribution >= 0.6 is 15.9 Å². The van der Waals surface area contributed by atoms with Gasteiger partial charge in [0.2, 0.25) is 0 Å². The summed E-state index contributed by atoms with van der Waals surface area (Å²) in [5.74, 6) is 0.0221. The fourth-order valence-corrected chi connectivity index (χ4v) is 2.28. The first-order valence-electron chi connectivity index (χ1n) is 5.01. The van der Waals surface area contributed by atoms with E-state index in [-0.39, 0.29) is 6.54 Å². The summed E-state index contributed by atoms with van der Waals surface area (Å²) >= 11 is 3.43. The number of rotatable bonds is 2. The third-order valence-electron chi connectivity index (χ3n) is 2.46. The number of hydrogen-bond donors (Lipinski definition) is 1. The molecule has 1 aliphatic heterocycles. The molecule has 0 spiro atoms. The highest BCUT2D eigenvalue weighted by Crippen LogP contribution is 2.31. The van der Waals surface area contributed by atoms with Crippen LogP contribution in [0.25, 0.3) is 0 Å². The van der Waals surface area contributed by atoms with Gasteiger partial charge in [0, 0.05) is 18.7 Å². The van der Waals surface area contributed by atoms with Gasteiger partial charge in [-0.2, -0.15) is 0 Å². The summed E-state index contributed by atoms with van der Waals surface area (Å²) in [6.45, 7) is 1.81. The number of ether oxygens (including phenoxy) is 1. The molecule has 2 rings (SSSR count). The molecule has 0 unspecified atom stereocenters. The molecule has 1 N–H and O–H groups in total. The molecule has 0 amide bonds. The van der Waals surface area contributed by atoms with Gasteiger partial charge < -0.3 is 9.84 Å². The van der Waals surface area contributed by atoms with Gasteiger partial charge in [0.15, 0.2) is 0 Å². The zero-order chi connectivity index (χ0) is 11.5. The molecule has 5 heteroatoms. The molecule has 0 saturated carbocycles. The quantitative estimate of drug-likeness (QED) is 0.899. The highest BCUT2D eigenvalue weighted by Gasteiger charge is 2.18. The van der Waals surface area contributed by atoms with Crippen LogP contribution < -0.4 is 4.74 Å². The summed E-state index contributed by atoms with van der Waals surface area (Å²) in [4.78, 5) is 12.5. The molecule has 0 atom stereocenters. The second-order valence-corrected chi connectivity index (χ2v) is 4.54. The normalized spacial score (nSPS) is 16.1. The average Bonchev–Trinajstić information content (AvgIpc) is 2.39. The number of carboxylic acid groups (broad SMARTS) is 1. The first-order valence-corrected chi connectivity index (χ1v) is 5.80. The Hall–Kier alpha value is -1.07. The maximum atomic E-state index is 10.7. The van der Waals surface area contributed by atoms with E-state index in [4.69, 9.17) is 9.84 Å². The van der Waals surface area contributed by atoms with Crippen LogP contribution in [0.15, 0.2) is 22.7 Å². The van der Waals surface area contributed by atoms with Crippen molar-refractivity contribution in [3.63, 3.8) is 0 Å². The Morgan fingerprint density at radius 1 is 1.56 bits per heavy atom. The lowest BCUT2D eigenvalue weighted by Gasteiger charge is -2.16. The second-order valence-electron chi connectivity index (χ2n) is 3.68. The monoisotopic (exact) mass is 285 g/mol. The summed E-state index contributed by atoms with van der Waals surface area (Å²) in [5.41, 5.74) is 1.02. The molecule has 0 bridgehead atoms. The van der Waals surface area contributed by atoms with Gasteiger partial charge in [0.05, 0.1) is 11.0 Å². The molecular weight excluding hydrogens is 274 g/mol. The fourth-order valence-electron chi connectivity index (χ4n) is 1.76. The van der Waals surface area contributed by atoms with Crippen LogP contribution in [0.4, 0.5) is 0 Å². The van der Waals surface area contributed by atoms with Crippen molar-refractivity contribution in [3.05, 3.63) is 28.2 Å². The lowest BCUT2D eigenvalue weighted by atomic mass is 10.2. The highest BCUT2D eigenvalue weighted by atomic mass is 79.9. The van der Waals surface area contributed by atoms with Gasteiger partial charge >= 0.3 is 5.97 Å². The number of carbonyl (C=O) groups is 1. The van der Waals surface area contributed by atoms with E-state index < -0.39 is 5.97 Å². The van der Waals surface area contributed by atoms with Crippen molar-refractivity contribution >= 4 is 21.9 Å². The van der Waals surface area contributed by atoms with Gasteiger partial charge in [0.25, 0.3) is 0 Å². The summed E-state index contributed by atoms with van der Waals surface area (Å²) in [7, 11) is 0. The SMILES string of the molecule is O=C(O)CN1CCOc2c(Br)cccc2C1. The number of hydrogen-bond acceptors (Lipinski definition) is 3. The van der Waals surface area contributed by atoms with Crippen LogP contribution in [-0.4, -0.2) is 35.7 Å². The maximum absolute atomic E-state index is 10.7. The van der Waals surface area contributed by atoms with Crippen LogP contribution in [0.3, 0.4) is 0 Å². The largest absolute Gasteiger partial charge is 0.491 e. The molecule has 0 aromatic heterocycles. The van der Waals surface area contributed by atoms with E-state index in [0.717, 1.165) is 15.8 Å². The Balaban J connectivity index is 2.21. The van der Waals surface area contributed by atoms with Crippen LogP contribution in [0.2, 0.25) is 0 Å². The molecular formula is C11H12BrNO3. The van der Waals surface area contributed by atoms with Gasteiger partial charge in [-0.3, -0.25) is 9.69 Å². The fraction of sp³-hybridized carbons (Fsp3) is 0.364. The molecule has 1 aliphatic rings. The number of fused-ring (bicyclic) bond motifs is 1. The average molecular weight is 286 g/mol. The summed E-state index contributed by atoms with van der Waals surface area (Å²) in [6, 6.07) is 5.81. The first-order chi connectivity index (χ1) is 7.66. The predicted molar refractivity (Wildman–Crippen MR) is 62.5 cm³/mol. The van der Waals surface area contributed by atoms with E-state index in [1.54, 1.807) is 0 Å². The van der Waals surface area contributed by atoms with Crippen molar-refractivity contribution in [3.8, 4) is 5.75 Å². The summed E-state index contributed by atoms with van der Waals surface area (Å²) in [6.07, 6.45) is 0. The Kier molecular flexibility index (Phi) is 3.46. The van der Waals surface area contributed by atoms with E-state index in [0.29, 0.717) is 19.7 Å². The third-order valence-corrected chi connectivity index (χ3v) is 3.08. The van der Waals surface area contributed by atoms with E-state index in [1.807, 2.05) is 23.1 Å². The van der Waals surface area contributed by atoms with E-state index in [1.165, 1.54) is 0 Å². The Morgan fingerprint density at radius 2 is 2.38 bits per heavy atom. The number of aliphatic carboxylic acids is 1. The standard InChI is InChI=1S/C11H12BrNO3/c12-9-3-1-2-8-6-13(7-10(14)15)4-5-16-11(8)9/h1-3H,4-7H2,(H,14,15). The topological polar surface area (TPSA) is 49.8 Å². The minimum absolute atomic E-state index is 0.0509. The number of benzene rings is 1. The lowest BCUT2D eigenvalue weighted by Crippen LogP contribution is -2.31. The molecule has 0 aliphatic carbocycles. The van der Waals surface area contributed by atoms with Gasteiger partial charge in [-0.1, -0.05) is 12.1 Å². The Morgan fingerprint density at radius 3 is 3.12 bits per heavy atom. The molecule has 4 nitrogen and oxygen atoms in total. The van der Waals surface area contributed by atoms with Crippen molar-refractivity contribution in [2.45, 2.75) is 6.54 Å². The Labute approximate surface area is 102 Å². The summed E-state index contributed by atoms with van der Waals surface area (Å²) in [5, 5.41) is 8.77.